The molecule has 9 nitrogen and oxygen atoms in total. The number of hydrogen-bond donors (Lipinski definition) is 0. The first kappa shape index (κ1) is 22.6. The Morgan fingerprint density at radius 3 is 1.97 bits per heavy atom. The van der Waals surface area contributed by atoms with Crippen LogP contribution in [0, 0.1) is 45.6 Å². The zero-order valence-electron chi connectivity index (χ0n) is 18.8. The van der Waals surface area contributed by atoms with Crippen LogP contribution < -0.4 is 0 Å². The molecule has 7 rings (SSSR count). The normalized spacial score (nSPS) is 29.1. The van der Waals surface area contributed by atoms with E-state index in [9.17, 15) is 29.3 Å². The molecule has 2 aromatic carbocycles. The van der Waals surface area contributed by atoms with Gasteiger partial charge in [-0.05, 0) is 66.5 Å². The fraction of sp³-hybridized carbons (Fsp3) is 0.308. The van der Waals surface area contributed by atoms with Crippen LogP contribution in [0.25, 0.3) is 0 Å². The van der Waals surface area contributed by atoms with E-state index in [1.54, 1.807) is 0 Å². The maximum Gasteiger partial charge on any atom is 0.273 e. The number of carbonyl (C=O) groups is 4. The van der Waals surface area contributed by atoms with Crippen molar-refractivity contribution in [2.24, 2.45) is 35.5 Å². The molecule has 0 N–H and O–H groups in total. The van der Waals surface area contributed by atoms with Gasteiger partial charge in [0.15, 0.2) is 5.78 Å². The second-order valence-electron chi connectivity index (χ2n) is 9.74. The van der Waals surface area contributed by atoms with E-state index in [-0.39, 0.29) is 28.7 Å². The van der Waals surface area contributed by atoms with Crippen LogP contribution in [-0.2, 0) is 9.59 Å². The van der Waals surface area contributed by atoms with Gasteiger partial charge in [-0.2, -0.15) is 5.01 Å². The van der Waals surface area contributed by atoms with Gasteiger partial charge in [0.1, 0.15) is 6.54 Å². The van der Waals surface area contributed by atoms with Gasteiger partial charge in [0.2, 0.25) is 0 Å². The number of hydrogen-bond acceptors (Lipinski definition) is 6. The molecule has 4 aliphatic carbocycles. The monoisotopic (exact) mass is 505 g/mol. The molecule has 10 heteroatoms. The smallest absolute Gasteiger partial charge is 0.273 e. The topological polar surface area (TPSA) is 118 Å². The number of carbonyl (C=O) groups excluding carboxylic acids is 4. The van der Waals surface area contributed by atoms with Gasteiger partial charge in [-0.15, -0.1) is 0 Å². The summed E-state index contributed by atoms with van der Waals surface area (Å²) in [5.74, 6) is -2.63. The molecule has 2 aromatic rings. The summed E-state index contributed by atoms with van der Waals surface area (Å²) in [5.41, 5.74) is 0.0703. The van der Waals surface area contributed by atoms with Crippen molar-refractivity contribution in [3.8, 4) is 0 Å². The molecule has 2 saturated carbocycles. The summed E-state index contributed by atoms with van der Waals surface area (Å²) in [7, 11) is 0. The lowest BCUT2D eigenvalue weighted by atomic mass is 9.63. The fourth-order valence-electron chi connectivity index (χ4n) is 6.15. The van der Waals surface area contributed by atoms with Crippen molar-refractivity contribution in [2.45, 2.75) is 6.42 Å². The highest BCUT2D eigenvalue weighted by atomic mass is 35.5. The first-order valence-corrected chi connectivity index (χ1v) is 12.0. The zero-order chi connectivity index (χ0) is 25.3. The molecular formula is C26H20ClN3O6. The van der Waals surface area contributed by atoms with E-state index in [1.165, 1.54) is 36.4 Å². The van der Waals surface area contributed by atoms with Crippen LogP contribution in [0.3, 0.4) is 0 Å². The molecule has 3 fully saturated rings. The van der Waals surface area contributed by atoms with E-state index in [0.29, 0.717) is 16.9 Å². The molecule has 0 radical (unpaired) electrons. The Kier molecular flexibility index (Phi) is 5.08. The number of nitrogens with zero attached hydrogens (tertiary/aromatic N) is 3. The van der Waals surface area contributed by atoms with Gasteiger partial charge in [0, 0.05) is 28.3 Å². The van der Waals surface area contributed by atoms with Crippen molar-refractivity contribution in [3.05, 3.63) is 86.9 Å². The summed E-state index contributed by atoms with van der Waals surface area (Å²) in [6, 6.07) is 10.9. The molecule has 1 aliphatic heterocycles. The van der Waals surface area contributed by atoms with Crippen LogP contribution in [-0.4, -0.2) is 45.0 Å². The fourth-order valence-corrected chi connectivity index (χ4v) is 6.28. The van der Waals surface area contributed by atoms with E-state index in [1.807, 2.05) is 12.2 Å². The van der Waals surface area contributed by atoms with Crippen molar-refractivity contribution in [3.63, 3.8) is 0 Å². The molecule has 6 atom stereocenters. The number of nitro benzene ring substituents is 1. The molecule has 0 spiro atoms. The van der Waals surface area contributed by atoms with E-state index < -0.39 is 46.8 Å². The quantitative estimate of drug-likeness (QED) is 0.195. The summed E-state index contributed by atoms with van der Waals surface area (Å²) in [4.78, 5) is 64.5. The number of non-ortho nitro benzene ring substituents is 1. The third kappa shape index (κ3) is 3.37. The molecule has 182 valence electrons. The van der Waals surface area contributed by atoms with Gasteiger partial charge >= 0.3 is 0 Å². The third-order valence-electron chi connectivity index (χ3n) is 7.90. The van der Waals surface area contributed by atoms with Crippen LogP contribution in [0.4, 0.5) is 5.69 Å². The van der Waals surface area contributed by atoms with Gasteiger partial charge in [-0.1, -0.05) is 23.8 Å². The van der Waals surface area contributed by atoms with Crippen molar-refractivity contribution in [2.75, 3.05) is 6.54 Å². The minimum Gasteiger partial charge on any atom is -0.292 e. The SMILES string of the molecule is O=C(CN(C(=O)c1ccc([N+](=O)[O-])cc1)N1C(=O)[C@@H]2[C@H]3C=C[C@@H]([C@@H]4C[C@@H]34)[C@@H]2C1=O)c1ccc(Cl)cc1. The van der Waals surface area contributed by atoms with E-state index in [0.717, 1.165) is 28.6 Å². The predicted octanol–water partition coefficient (Wildman–Crippen LogP) is 3.54. The Morgan fingerprint density at radius 2 is 1.44 bits per heavy atom. The summed E-state index contributed by atoms with van der Waals surface area (Å²) in [6.45, 7) is -0.552. The van der Waals surface area contributed by atoms with Crippen molar-refractivity contribution >= 4 is 40.8 Å². The summed E-state index contributed by atoms with van der Waals surface area (Å²) < 4.78 is 0. The second kappa shape index (κ2) is 8.09. The minimum atomic E-state index is -0.766. The molecule has 5 aliphatic rings. The molecular weight excluding hydrogens is 486 g/mol. The number of hydrazine groups is 1. The van der Waals surface area contributed by atoms with Gasteiger partial charge in [-0.25, -0.2) is 5.01 Å². The number of nitro groups is 1. The number of ketones is 1. The van der Waals surface area contributed by atoms with E-state index in [2.05, 4.69) is 0 Å². The first-order chi connectivity index (χ1) is 17.3. The molecule has 2 bridgehead atoms. The van der Waals surface area contributed by atoms with Crippen molar-refractivity contribution < 1.29 is 24.1 Å². The maximum absolute atomic E-state index is 13.6. The molecule has 0 aromatic heterocycles. The number of allylic oxidation sites excluding steroid dienone is 2. The number of benzene rings is 2. The highest BCUT2D eigenvalue weighted by molar-refractivity contribution is 6.30. The highest BCUT2D eigenvalue weighted by Crippen LogP contribution is 2.65. The molecule has 36 heavy (non-hydrogen) atoms. The zero-order valence-corrected chi connectivity index (χ0v) is 19.6. The van der Waals surface area contributed by atoms with Crippen LogP contribution in [0.15, 0.2) is 60.7 Å². The Bertz CT molecular complexity index is 1320. The molecule has 1 heterocycles. The van der Waals surface area contributed by atoms with Gasteiger partial charge < -0.3 is 0 Å². The van der Waals surface area contributed by atoms with Crippen LogP contribution in [0.1, 0.15) is 27.1 Å². The van der Waals surface area contributed by atoms with Crippen LogP contribution >= 0.6 is 11.6 Å². The Morgan fingerprint density at radius 1 is 0.917 bits per heavy atom. The number of imide groups is 1. The lowest BCUT2D eigenvalue weighted by Crippen LogP contribution is -2.52. The Balaban J connectivity index is 1.35. The number of amides is 3. The number of Topliss-reactive ketones (excluding diaryl/α,β-unsaturated/α-hetero) is 1. The number of rotatable bonds is 6. The maximum atomic E-state index is 13.6. The van der Waals surface area contributed by atoms with E-state index in [4.69, 9.17) is 11.6 Å². The van der Waals surface area contributed by atoms with Gasteiger partial charge in [0.05, 0.1) is 16.8 Å². The first-order valence-electron chi connectivity index (χ1n) is 11.7. The average molecular weight is 506 g/mol. The Labute approximate surface area is 210 Å². The van der Waals surface area contributed by atoms with Crippen LogP contribution in [0.2, 0.25) is 5.02 Å². The minimum absolute atomic E-state index is 0.0175. The van der Waals surface area contributed by atoms with Crippen molar-refractivity contribution in [1.82, 2.24) is 10.0 Å². The van der Waals surface area contributed by atoms with Gasteiger partial charge in [0.25, 0.3) is 23.4 Å². The third-order valence-corrected chi connectivity index (χ3v) is 8.15. The largest absolute Gasteiger partial charge is 0.292 e. The van der Waals surface area contributed by atoms with E-state index >= 15 is 0 Å². The predicted molar refractivity (Wildman–Crippen MR) is 126 cm³/mol. The molecule has 3 amide bonds. The standard InChI is InChI=1S/C26H20ClN3O6/c27-15-5-1-13(2-6-15)21(31)12-28(24(32)14-3-7-16(8-4-14)30(35)36)29-25(33)22-17-9-10-18(20-11-19(17)20)23(22)26(29)34/h1-10,17-20,22-23H,11-12H2/t17-,18-,19-,20-,22-,23+/m0/s1. The highest BCUT2D eigenvalue weighted by Gasteiger charge is 2.68. The van der Waals surface area contributed by atoms with Crippen molar-refractivity contribution in [1.29, 1.82) is 0 Å². The molecule has 0 unspecified atom stereocenters. The number of halogens is 1. The lowest BCUT2D eigenvalue weighted by Gasteiger charge is -2.37. The second-order valence-corrected chi connectivity index (χ2v) is 10.2. The summed E-state index contributed by atoms with van der Waals surface area (Å²) in [6.07, 6.45) is 5.04. The summed E-state index contributed by atoms with van der Waals surface area (Å²) in [5, 5.41) is 13.2. The molecule has 1 saturated heterocycles. The van der Waals surface area contributed by atoms with Crippen LogP contribution in [0.5, 0.6) is 0 Å². The average Bonchev–Trinajstić information content (AvgIpc) is 3.66. The van der Waals surface area contributed by atoms with Gasteiger partial charge in [-0.3, -0.25) is 29.3 Å². The summed E-state index contributed by atoms with van der Waals surface area (Å²) >= 11 is 5.92. The Hall–Kier alpha value is -3.85. The lowest BCUT2D eigenvalue weighted by molar-refractivity contribution is -0.384.